The van der Waals surface area contributed by atoms with Crippen molar-refractivity contribution in [2.45, 2.75) is 354 Å². The normalized spacial score (nSPS) is 13.5. The van der Waals surface area contributed by atoms with Gasteiger partial charge in [-0.1, -0.05) is 268 Å². The minimum Gasteiger partial charge on any atom is -0.462 e. The Hall–Kier alpha value is -2.56. The summed E-state index contributed by atoms with van der Waals surface area (Å²) >= 11 is 0. The number of hydrogen-bond acceptors (Lipinski definition) is 10. The lowest BCUT2D eigenvalue weighted by atomic mass is 10.1. The fourth-order valence-corrected chi connectivity index (χ4v) is 10.7. The molecule has 0 saturated carbocycles. The van der Waals surface area contributed by atoms with E-state index in [1.165, 1.54) is 205 Å². The monoisotopic (exact) mass is 1180 g/mol. The molecule has 0 aliphatic carbocycles. The summed E-state index contributed by atoms with van der Waals surface area (Å²) in [5.74, 6) is -1.45. The fourth-order valence-electron chi connectivity index (χ4n) is 9.91. The molecule has 0 aromatic heterocycles. The Balaban J connectivity index is 4.65. The van der Waals surface area contributed by atoms with Crippen molar-refractivity contribution in [1.29, 1.82) is 0 Å². The summed E-state index contributed by atoms with van der Waals surface area (Å²) in [6.07, 6.45) is 72.0. The van der Waals surface area contributed by atoms with Gasteiger partial charge in [0.15, 0.2) is 6.10 Å². The van der Waals surface area contributed by atoms with E-state index in [0.717, 1.165) is 77.0 Å². The van der Waals surface area contributed by atoms with Crippen molar-refractivity contribution >= 4 is 25.7 Å². The first-order valence-electron chi connectivity index (χ1n) is 34.5. The third-order valence-corrected chi connectivity index (χ3v) is 16.1. The number of unbranched alkanes of at least 4 members (excludes halogenated alkanes) is 40. The average molecular weight is 1180 g/mol. The third-order valence-electron chi connectivity index (χ3n) is 15.2. The molecule has 480 valence electrons. The summed E-state index contributed by atoms with van der Waals surface area (Å²) in [7, 11) is -4.76. The van der Waals surface area contributed by atoms with Crippen molar-refractivity contribution in [2.75, 3.05) is 26.4 Å². The maximum Gasteiger partial charge on any atom is 0.472 e. The van der Waals surface area contributed by atoms with Gasteiger partial charge in [0.1, 0.15) is 12.7 Å². The summed E-state index contributed by atoms with van der Waals surface area (Å²) in [5.41, 5.74) is 0. The quantitative estimate of drug-likeness (QED) is 0.0197. The first-order chi connectivity index (χ1) is 40.2. The van der Waals surface area contributed by atoms with Crippen LogP contribution in [0.2, 0.25) is 0 Å². The predicted octanol–water partition coefficient (Wildman–Crippen LogP) is 21.3. The van der Waals surface area contributed by atoms with Gasteiger partial charge in [0, 0.05) is 19.3 Å². The second-order valence-electron chi connectivity index (χ2n) is 23.3. The van der Waals surface area contributed by atoms with E-state index < -0.39 is 57.8 Å². The Morgan fingerprint density at radius 3 is 0.939 bits per heavy atom. The van der Waals surface area contributed by atoms with Gasteiger partial charge < -0.3 is 24.2 Å². The maximum absolute atomic E-state index is 13.0. The zero-order chi connectivity index (χ0) is 59.8. The van der Waals surface area contributed by atoms with Gasteiger partial charge in [-0.25, -0.2) is 4.57 Å². The Morgan fingerprint density at radius 1 is 0.341 bits per heavy atom. The van der Waals surface area contributed by atoms with Crippen LogP contribution in [-0.4, -0.2) is 66.5 Å². The van der Waals surface area contributed by atoms with Crippen molar-refractivity contribution in [1.82, 2.24) is 0 Å². The summed E-state index contributed by atoms with van der Waals surface area (Å²) in [6, 6.07) is 0. The topological polar surface area (TPSA) is 155 Å². The summed E-state index contributed by atoms with van der Waals surface area (Å²) < 4.78 is 39.8. The molecule has 0 fully saturated rings. The van der Waals surface area contributed by atoms with Crippen LogP contribution in [0.3, 0.4) is 0 Å². The van der Waals surface area contributed by atoms with E-state index in [4.69, 9.17) is 23.3 Å². The SMILES string of the molecule is CCCCC/C=C\C/C=C\CCCCCCCCCCCC(=O)OC(COC(=O)CCCCCCCCC/C=C\CCCCCCCC)COP(=O)(O)OCC(CO)OC(=O)CCCCCCCCCCC/C=C\CCCCCCCC. The molecule has 0 aliphatic heterocycles. The molecule has 0 heterocycles. The van der Waals surface area contributed by atoms with Crippen LogP contribution in [0.25, 0.3) is 0 Å². The van der Waals surface area contributed by atoms with Crippen molar-refractivity contribution in [3.63, 3.8) is 0 Å². The van der Waals surface area contributed by atoms with Gasteiger partial charge in [-0.05, 0) is 103 Å². The Labute approximate surface area is 504 Å². The second kappa shape index (κ2) is 64.4. The van der Waals surface area contributed by atoms with Gasteiger partial charge in [-0.2, -0.15) is 0 Å². The van der Waals surface area contributed by atoms with Crippen molar-refractivity contribution in [3.05, 3.63) is 48.6 Å². The van der Waals surface area contributed by atoms with Crippen LogP contribution in [0, 0.1) is 0 Å². The minimum absolute atomic E-state index is 0.164. The highest BCUT2D eigenvalue weighted by atomic mass is 31.2. The molecule has 0 aromatic rings. The van der Waals surface area contributed by atoms with E-state index >= 15 is 0 Å². The molecule has 0 spiro atoms. The summed E-state index contributed by atoms with van der Waals surface area (Å²) in [4.78, 5) is 48.9. The number of hydrogen-bond donors (Lipinski definition) is 2. The van der Waals surface area contributed by atoms with E-state index in [1.54, 1.807) is 0 Å². The van der Waals surface area contributed by atoms with Crippen LogP contribution in [0.15, 0.2) is 48.6 Å². The van der Waals surface area contributed by atoms with E-state index in [1.807, 2.05) is 0 Å². The first-order valence-corrected chi connectivity index (χ1v) is 36.0. The van der Waals surface area contributed by atoms with Crippen molar-refractivity contribution in [3.8, 4) is 0 Å². The van der Waals surface area contributed by atoms with Crippen LogP contribution in [0.5, 0.6) is 0 Å². The van der Waals surface area contributed by atoms with Gasteiger partial charge in [-0.15, -0.1) is 0 Å². The van der Waals surface area contributed by atoms with Crippen LogP contribution in [-0.2, 0) is 42.2 Å². The molecule has 0 aliphatic rings. The number of carbonyl (C=O) groups is 3. The Morgan fingerprint density at radius 2 is 0.598 bits per heavy atom. The molecule has 3 atom stereocenters. The molecule has 2 N–H and O–H groups in total. The van der Waals surface area contributed by atoms with Gasteiger partial charge in [0.25, 0.3) is 0 Å². The zero-order valence-corrected chi connectivity index (χ0v) is 54.4. The molecule has 12 heteroatoms. The number of carbonyl (C=O) groups excluding carboxylic acids is 3. The standard InChI is InChI=1S/C70H129O11P/c1-4-7-10-13-16-19-22-25-28-31-33-36-39-42-45-48-51-54-57-60-69(73)80-66(62-71)64-78-82(75,76)79-65-67(63-77-68(72)59-56-53-50-47-44-41-38-35-30-27-24-21-18-15-12-9-6-3)81-70(74)61-58-55-52-49-46-43-40-37-34-32-29-26-23-20-17-14-11-8-5-2/h17,20,25-30,66-67,71H,4-16,18-19,21-24,31-65H2,1-3H3,(H,75,76)/b20-17-,28-25-,29-26-,30-27-. The molecule has 11 nitrogen and oxygen atoms in total. The smallest absolute Gasteiger partial charge is 0.462 e. The highest BCUT2D eigenvalue weighted by Gasteiger charge is 2.28. The summed E-state index contributed by atoms with van der Waals surface area (Å²) in [6.45, 7) is 4.68. The Kier molecular flexibility index (Phi) is 62.4. The Bertz CT molecular complexity index is 1560. The molecule has 3 unspecified atom stereocenters. The number of ether oxygens (including phenoxy) is 3. The lowest BCUT2D eigenvalue weighted by molar-refractivity contribution is -0.161. The average Bonchev–Trinajstić information content (AvgIpc) is 3.50. The lowest BCUT2D eigenvalue weighted by Gasteiger charge is -2.21. The second-order valence-corrected chi connectivity index (χ2v) is 24.8. The van der Waals surface area contributed by atoms with Crippen molar-refractivity contribution < 1.29 is 52.2 Å². The molecule has 0 saturated heterocycles. The highest BCUT2D eigenvalue weighted by molar-refractivity contribution is 7.47. The summed E-state index contributed by atoms with van der Waals surface area (Å²) in [5, 5.41) is 9.88. The van der Waals surface area contributed by atoms with Crippen LogP contribution >= 0.6 is 7.82 Å². The third kappa shape index (κ3) is 62.0. The van der Waals surface area contributed by atoms with Gasteiger partial charge in [0.05, 0.1) is 19.8 Å². The molecule has 0 radical (unpaired) electrons. The molecule has 82 heavy (non-hydrogen) atoms. The van der Waals surface area contributed by atoms with Crippen LogP contribution in [0.1, 0.15) is 342 Å². The molecular weight excluding hydrogens is 1050 g/mol. The van der Waals surface area contributed by atoms with Gasteiger partial charge >= 0.3 is 25.7 Å². The number of rotatable bonds is 65. The fraction of sp³-hybridized carbons (Fsp3) is 0.843. The predicted molar refractivity (Wildman–Crippen MR) is 344 cm³/mol. The van der Waals surface area contributed by atoms with Crippen molar-refractivity contribution in [2.24, 2.45) is 0 Å². The van der Waals surface area contributed by atoms with E-state index in [9.17, 15) is 28.9 Å². The first kappa shape index (κ1) is 79.4. The molecular formula is C70H129O11P. The molecule has 0 bridgehead atoms. The van der Waals surface area contributed by atoms with Crippen LogP contribution < -0.4 is 0 Å². The number of phosphoric ester groups is 1. The maximum atomic E-state index is 13.0. The number of aliphatic hydroxyl groups is 1. The van der Waals surface area contributed by atoms with Crippen LogP contribution in [0.4, 0.5) is 0 Å². The van der Waals surface area contributed by atoms with Gasteiger partial charge in [-0.3, -0.25) is 23.4 Å². The van der Waals surface area contributed by atoms with Gasteiger partial charge in [0.2, 0.25) is 0 Å². The molecule has 0 amide bonds. The molecule has 0 rings (SSSR count). The largest absolute Gasteiger partial charge is 0.472 e. The number of esters is 3. The number of phosphoric acid groups is 1. The van der Waals surface area contributed by atoms with E-state index in [0.29, 0.717) is 19.3 Å². The highest BCUT2D eigenvalue weighted by Crippen LogP contribution is 2.43. The molecule has 0 aromatic carbocycles. The van der Waals surface area contributed by atoms with E-state index in [-0.39, 0.29) is 25.9 Å². The minimum atomic E-state index is -4.76. The van der Waals surface area contributed by atoms with E-state index in [2.05, 4.69) is 69.4 Å². The number of allylic oxidation sites excluding steroid dienone is 8. The lowest BCUT2D eigenvalue weighted by Crippen LogP contribution is -2.30. The zero-order valence-electron chi connectivity index (χ0n) is 53.5. The number of aliphatic hydroxyl groups excluding tert-OH is 1.